The van der Waals surface area contributed by atoms with Crippen LogP contribution in [0, 0.1) is 5.92 Å². The van der Waals surface area contributed by atoms with Crippen LogP contribution in [-0.4, -0.2) is 31.6 Å². The third kappa shape index (κ3) is 14.6. The lowest BCUT2D eigenvalue weighted by molar-refractivity contribution is 0.150. The molecule has 0 aromatic heterocycles. The fourth-order valence-corrected chi connectivity index (χ4v) is 3.54. The zero-order valence-corrected chi connectivity index (χ0v) is 23.2. The zero-order chi connectivity index (χ0) is 25.1. The van der Waals surface area contributed by atoms with Gasteiger partial charge in [-0.2, -0.15) is 0 Å². The lowest BCUT2D eigenvalue weighted by atomic mass is 9.99. The third-order valence-electron chi connectivity index (χ3n) is 5.23. The Kier molecular flexibility index (Phi) is 19.4. The molecule has 3 nitrogen and oxygen atoms in total. The van der Waals surface area contributed by atoms with E-state index in [1.165, 1.54) is 37.8 Å². The number of rotatable bonds is 6. The van der Waals surface area contributed by atoms with Crippen molar-refractivity contribution >= 4 is 23.2 Å². The number of likely N-dealkylation sites (tertiary alicyclic amines) is 1. The van der Waals surface area contributed by atoms with E-state index in [0.29, 0.717) is 17.5 Å². The largest absolute Gasteiger partial charge is 0.492 e. The van der Waals surface area contributed by atoms with Crippen molar-refractivity contribution in [2.24, 2.45) is 11.7 Å². The highest BCUT2D eigenvalue weighted by Gasteiger charge is 2.18. The van der Waals surface area contributed by atoms with Crippen LogP contribution in [0.4, 0.5) is 0 Å². The van der Waals surface area contributed by atoms with Crippen LogP contribution in [0.25, 0.3) is 0 Å². The maximum Gasteiger partial charge on any atom is 0.138 e. The SMILES string of the molecule is CC.CCCC.CCc1cccc(Cl)c1.CN1CCCC(COc2cc(CN)ccc2Cl)C1. The van der Waals surface area contributed by atoms with Crippen LogP contribution in [0.15, 0.2) is 42.5 Å². The molecule has 2 N–H and O–H groups in total. The van der Waals surface area contributed by atoms with Gasteiger partial charge in [0.25, 0.3) is 0 Å². The van der Waals surface area contributed by atoms with Gasteiger partial charge < -0.3 is 15.4 Å². The van der Waals surface area contributed by atoms with Crippen LogP contribution in [0.5, 0.6) is 5.75 Å². The lowest BCUT2D eigenvalue weighted by Gasteiger charge is -2.29. The summed E-state index contributed by atoms with van der Waals surface area (Å²) in [5, 5.41) is 1.49. The third-order valence-corrected chi connectivity index (χ3v) is 5.77. The molecule has 1 aliphatic heterocycles. The first-order chi connectivity index (χ1) is 15.9. The summed E-state index contributed by atoms with van der Waals surface area (Å²) in [7, 11) is 2.16. The maximum absolute atomic E-state index is 6.12. The summed E-state index contributed by atoms with van der Waals surface area (Å²) >= 11 is 11.8. The number of piperidine rings is 1. The number of ether oxygens (including phenoxy) is 1. The van der Waals surface area contributed by atoms with Crippen LogP contribution >= 0.6 is 23.2 Å². The molecule has 1 unspecified atom stereocenters. The van der Waals surface area contributed by atoms with Gasteiger partial charge in [-0.15, -0.1) is 0 Å². The number of unbranched alkanes of at least 4 members (excludes halogenated alkanes) is 1. The minimum atomic E-state index is 0.514. The first kappa shape index (κ1) is 31.7. The smallest absolute Gasteiger partial charge is 0.138 e. The van der Waals surface area contributed by atoms with Crippen molar-refractivity contribution in [3.8, 4) is 5.75 Å². The fourth-order valence-electron chi connectivity index (χ4n) is 3.16. The summed E-state index contributed by atoms with van der Waals surface area (Å²) in [6.45, 7) is 14.0. The highest BCUT2D eigenvalue weighted by molar-refractivity contribution is 6.32. The van der Waals surface area contributed by atoms with Gasteiger partial charge in [0.05, 0.1) is 11.6 Å². The molecule has 0 spiro atoms. The Morgan fingerprint density at radius 3 is 2.21 bits per heavy atom. The number of nitrogens with two attached hydrogens (primary N) is 1. The Balaban J connectivity index is 0.000000569. The van der Waals surface area contributed by atoms with Crippen LogP contribution in [0.1, 0.15) is 71.4 Å². The number of halogens is 2. The van der Waals surface area contributed by atoms with E-state index in [9.17, 15) is 0 Å². The summed E-state index contributed by atoms with van der Waals surface area (Å²) in [5.41, 5.74) is 7.97. The summed E-state index contributed by atoms with van der Waals surface area (Å²) in [6, 6.07) is 13.7. The average Bonchev–Trinajstić information content (AvgIpc) is 2.85. The van der Waals surface area contributed by atoms with Gasteiger partial charge in [-0.3, -0.25) is 0 Å². The summed E-state index contributed by atoms with van der Waals surface area (Å²) in [5.74, 6) is 1.36. The van der Waals surface area contributed by atoms with Crippen LogP contribution in [0.3, 0.4) is 0 Å². The highest BCUT2D eigenvalue weighted by Crippen LogP contribution is 2.27. The molecule has 0 saturated carbocycles. The molecular weight excluding hydrogens is 451 g/mol. The van der Waals surface area contributed by atoms with Crippen molar-refractivity contribution in [3.63, 3.8) is 0 Å². The summed E-state index contributed by atoms with van der Waals surface area (Å²) in [6.07, 6.45) is 6.18. The maximum atomic E-state index is 6.12. The van der Waals surface area contributed by atoms with Crippen molar-refractivity contribution < 1.29 is 4.74 Å². The zero-order valence-electron chi connectivity index (χ0n) is 21.7. The first-order valence-electron chi connectivity index (χ1n) is 12.5. The summed E-state index contributed by atoms with van der Waals surface area (Å²) in [4.78, 5) is 2.36. The Bertz CT molecular complexity index is 738. The Morgan fingerprint density at radius 2 is 1.70 bits per heavy atom. The topological polar surface area (TPSA) is 38.5 Å². The molecule has 0 amide bonds. The quantitative estimate of drug-likeness (QED) is 0.437. The number of hydrogen-bond donors (Lipinski definition) is 1. The second-order valence-electron chi connectivity index (χ2n) is 8.03. The van der Waals surface area contributed by atoms with E-state index >= 15 is 0 Å². The standard InChI is InChI=1S/C14H21ClN2O.C8H9Cl.C4H10.C2H6/c1-17-6-2-3-12(9-17)10-18-14-7-11(8-16)4-5-13(14)15;1-2-7-4-3-5-8(9)6-7;1-3-4-2;1-2/h4-5,7,12H,2-3,6,8-10,16H2,1H3;3-6H,2H2,1H3;3-4H2,1-2H3;1-2H3. The van der Waals surface area contributed by atoms with Gasteiger partial charge in [-0.05, 0) is 68.2 Å². The Labute approximate surface area is 213 Å². The molecule has 3 rings (SSSR count). The van der Waals surface area contributed by atoms with Gasteiger partial charge in [0, 0.05) is 24.0 Å². The molecule has 1 heterocycles. The van der Waals surface area contributed by atoms with Crippen molar-refractivity contribution in [3.05, 3.63) is 63.6 Å². The predicted molar refractivity (Wildman–Crippen MR) is 148 cm³/mol. The van der Waals surface area contributed by atoms with E-state index in [0.717, 1.165) is 35.9 Å². The molecule has 1 fully saturated rings. The average molecular weight is 498 g/mol. The van der Waals surface area contributed by atoms with Crippen molar-refractivity contribution in [2.75, 3.05) is 26.7 Å². The molecule has 1 aliphatic rings. The molecule has 1 atom stereocenters. The lowest BCUT2D eigenvalue weighted by Crippen LogP contribution is -2.34. The molecule has 1 saturated heterocycles. The molecule has 33 heavy (non-hydrogen) atoms. The molecule has 5 heteroatoms. The molecule has 0 radical (unpaired) electrons. The van der Waals surface area contributed by atoms with Gasteiger partial charge in [-0.25, -0.2) is 0 Å². The van der Waals surface area contributed by atoms with E-state index in [-0.39, 0.29) is 0 Å². The number of nitrogens with zero attached hydrogens (tertiary/aromatic N) is 1. The molecule has 0 aliphatic carbocycles. The molecule has 2 aromatic rings. The van der Waals surface area contributed by atoms with Crippen molar-refractivity contribution in [1.82, 2.24) is 4.90 Å². The monoisotopic (exact) mass is 496 g/mol. The van der Waals surface area contributed by atoms with E-state index < -0.39 is 0 Å². The van der Waals surface area contributed by atoms with E-state index in [1.54, 1.807) is 0 Å². The van der Waals surface area contributed by atoms with Gasteiger partial charge in [0.1, 0.15) is 5.75 Å². The number of benzene rings is 2. The number of hydrogen-bond acceptors (Lipinski definition) is 3. The Morgan fingerprint density at radius 1 is 1.00 bits per heavy atom. The predicted octanol–water partition coefficient (Wildman–Crippen LogP) is 8.25. The van der Waals surface area contributed by atoms with Gasteiger partial charge in [-0.1, -0.05) is 88.9 Å². The van der Waals surface area contributed by atoms with Crippen molar-refractivity contribution in [1.29, 1.82) is 0 Å². The molecule has 0 bridgehead atoms. The van der Waals surface area contributed by atoms with Gasteiger partial charge in [0.2, 0.25) is 0 Å². The fraction of sp³-hybridized carbons (Fsp3) is 0.571. The normalized spacial score (nSPS) is 15.1. The van der Waals surface area contributed by atoms with Crippen LogP contribution in [-0.2, 0) is 13.0 Å². The second kappa shape index (κ2) is 20.1. The molecular formula is C28H46Cl2N2O. The second-order valence-corrected chi connectivity index (χ2v) is 8.88. The van der Waals surface area contributed by atoms with E-state index in [2.05, 4.69) is 38.8 Å². The Hall–Kier alpha value is -1.26. The van der Waals surface area contributed by atoms with Gasteiger partial charge >= 0.3 is 0 Å². The van der Waals surface area contributed by atoms with Crippen LogP contribution < -0.4 is 10.5 Å². The number of aryl methyl sites for hydroxylation is 1. The molecule has 188 valence electrons. The first-order valence-corrected chi connectivity index (χ1v) is 13.2. The highest BCUT2D eigenvalue weighted by atomic mass is 35.5. The summed E-state index contributed by atoms with van der Waals surface area (Å²) < 4.78 is 5.85. The minimum Gasteiger partial charge on any atom is -0.492 e. The molecule has 2 aromatic carbocycles. The minimum absolute atomic E-state index is 0.514. The van der Waals surface area contributed by atoms with E-state index in [4.69, 9.17) is 33.7 Å². The van der Waals surface area contributed by atoms with Gasteiger partial charge in [0.15, 0.2) is 0 Å². The van der Waals surface area contributed by atoms with Crippen molar-refractivity contribution in [2.45, 2.75) is 73.3 Å². The van der Waals surface area contributed by atoms with E-state index in [1.807, 2.05) is 50.2 Å². The van der Waals surface area contributed by atoms with Crippen LogP contribution in [0.2, 0.25) is 10.0 Å².